The molecule has 1 aromatic carbocycles. The molecule has 0 unspecified atom stereocenters. The van der Waals surface area contributed by atoms with Crippen LogP contribution in [0.15, 0.2) is 12.1 Å². The van der Waals surface area contributed by atoms with Crippen molar-refractivity contribution in [3.63, 3.8) is 0 Å². The van der Waals surface area contributed by atoms with Crippen molar-refractivity contribution in [2.24, 2.45) is 0 Å². The number of nitrogens with one attached hydrogen (secondary N) is 2. The number of benzene rings is 1. The van der Waals surface area contributed by atoms with Crippen LogP contribution in [0.5, 0.6) is 0 Å². The fourth-order valence-electron chi connectivity index (χ4n) is 1.68. The van der Waals surface area contributed by atoms with Gasteiger partial charge >= 0.3 is 5.97 Å². The van der Waals surface area contributed by atoms with E-state index >= 15 is 0 Å². The quantitative estimate of drug-likeness (QED) is 0.741. The van der Waals surface area contributed by atoms with Crippen molar-refractivity contribution in [3.8, 4) is 0 Å². The van der Waals surface area contributed by atoms with Crippen molar-refractivity contribution in [3.05, 3.63) is 28.8 Å². The van der Waals surface area contributed by atoms with Crippen molar-refractivity contribution < 1.29 is 18.3 Å². The van der Waals surface area contributed by atoms with Gasteiger partial charge in [-0.25, -0.2) is 4.79 Å². The van der Waals surface area contributed by atoms with Gasteiger partial charge in [-0.2, -0.15) is 13.1 Å². The highest BCUT2D eigenvalue weighted by atomic mass is 32.2. The number of carboxylic acids is 1. The molecule has 3 N–H and O–H groups in total. The van der Waals surface area contributed by atoms with Crippen molar-refractivity contribution in [2.75, 3.05) is 11.3 Å². The molecule has 19 heavy (non-hydrogen) atoms. The Balaban J connectivity index is 3.17. The molecule has 0 aliphatic heterocycles. The molecule has 7 heteroatoms. The van der Waals surface area contributed by atoms with E-state index in [1.165, 1.54) is 6.07 Å². The maximum atomic E-state index is 11.8. The summed E-state index contributed by atoms with van der Waals surface area (Å²) in [4.78, 5) is 11.2. The Kier molecular flexibility index (Phi) is 4.90. The zero-order chi connectivity index (χ0) is 14.6. The van der Waals surface area contributed by atoms with E-state index in [2.05, 4.69) is 9.44 Å². The van der Waals surface area contributed by atoms with Crippen LogP contribution in [0.1, 0.15) is 34.8 Å². The molecule has 1 aromatic rings. The SMILES string of the molecule is CCCNS(=O)(=O)Nc1c(C)cc(C)cc1C(=O)O. The van der Waals surface area contributed by atoms with Gasteiger partial charge in [0.25, 0.3) is 10.2 Å². The molecule has 0 heterocycles. The number of hydrogen-bond acceptors (Lipinski definition) is 3. The second-order valence-electron chi connectivity index (χ2n) is 4.31. The number of anilines is 1. The lowest BCUT2D eigenvalue weighted by molar-refractivity contribution is 0.0698. The highest BCUT2D eigenvalue weighted by Gasteiger charge is 2.18. The second-order valence-corrected chi connectivity index (χ2v) is 5.81. The number of hydrogen-bond donors (Lipinski definition) is 3. The number of rotatable bonds is 6. The topological polar surface area (TPSA) is 95.5 Å². The number of carboxylic acid groups (broad SMARTS) is 1. The molecule has 0 radical (unpaired) electrons. The van der Waals surface area contributed by atoms with E-state index in [0.29, 0.717) is 18.5 Å². The van der Waals surface area contributed by atoms with E-state index < -0.39 is 16.2 Å². The predicted octanol–water partition coefficient (Wildman–Crippen LogP) is 1.66. The minimum Gasteiger partial charge on any atom is -0.478 e. The van der Waals surface area contributed by atoms with Gasteiger partial charge in [0.2, 0.25) is 0 Å². The lowest BCUT2D eigenvalue weighted by Crippen LogP contribution is -2.31. The van der Waals surface area contributed by atoms with Gasteiger partial charge < -0.3 is 5.11 Å². The summed E-state index contributed by atoms with van der Waals surface area (Å²) in [7, 11) is -3.75. The lowest BCUT2D eigenvalue weighted by Gasteiger charge is -2.14. The Labute approximate surface area is 113 Å². The first-order chi connectivity index (χ1) is 8.76. The fourth-order valence-corrected chi connectivity index (χ4v) is 2.76. The summed E-state index contributed by atoms with van der Waals surface area (Å²) >= 11 is 0. The second kappa shape index (κ2) is 6.03. The summed E-state index contributed by atoms with van der Waals surface area (Å²) in [6.07, 6.45) is 0.652. The van der Waals surface area contributed by atoms with Crippen LogP contribution < -0.4 is 9.44 Å². The maximum absolute atomic E-state index is 11.8. The van der Waals surface area contributed by atoms with Gasteiger partial charge in [0.1, 0.15) is 0 Å². The van der Waals surface area contributed by atoms with Crippen molar-refractivity contribution in [1.82, 2.24) is 4.72 Å². The summed E-state index contributed by atoms with van der Waals surface area (Å²) in [5.74, 6) is -1.17. The minimum atomic E-state index is -3.75. The standard InChI is InChI=1S/C12H18N2O4S/c1-4-5-13-19(17,18)14-11-9(3)6-8(2)7-10(11)12(15)16/h6-7,13-14H,4-5H2,1-3H3,(H,15,16). The molecule has 1 rings (SSSR count). The molecule has 0 aliphatic rings. The van der Waals surface area contributed by atoms with Crippen molar-refractivity contribution in [2.45, 2.75) is 27.2 Å². The van der Waals surface area contributed by atoms with E-state index in [1.54, 1.807) is 19.9 Å². The van der Waals surface area contributed by atoms with Gasteiger partial charge in [-0.05, 0) is 37.5 Å². The summed E-state index contributed by atoms with van der Waals surface area (Å²) in [5.41, 5.74) is 1.37. The Morgan fingerprint density at radius 3 is 2.47 bits per heavy atom. The third-order valence-corrected chi connectivity index (χ3v) is 3.55. The molecule has 106 valence electrons. The van der Waals surface area contributed by atoms with Crippen LogP contribution in [-0.2, 0) is 10.2 Å². The van der Waals surface area contributed by atoms with Crippen molar-refractivity contribution >= 4 is 21.9 Å². The predicted molar refractivity (Wildman–Crippen MR) is 73.7 cm³/mol. The third-order valence-electron chi connectivity index (χ3n) is 2.49. The molecule has 0 atom stereocenters. The smallest absolute Gasteiger partial charge is 0.337 e. The molecule has 0 spiro atoms. The molecule has 6 nitrogen and oxygen atoms in total. The summed E-state index contributed by atoms with van der Waals surface area (Å²) in [6.45, 7) is 5.55. The molecule has 0 saturated carbocycles. The summed E-state index contributed by atoms with van der Waals surface area (Å²) < 4.78 is 28.1. The normalized spacial score (nSPS) is 11.3. The van der Waals surface area contributed by atoms with Gasteiger partial charge in [0, 0.05) is 6.54 Å². The highest BCUT2D eigenvalue weighted by molar-refractivity contribution is 7.90. The summed E-state index contributed by atoms with van der Waals surface area (Å²) in [5, 5.41) is 9.13. The number of aryl methyl sites for hydroxylation is 2. The van der Waals surface area contributed by atoms with Gasteiger partial charge in [-0.15, -0.1) is 0 Å². The third kappa shape index (κ3) is 4.22. The Morgan fingerprint density at radius 2 is 1.95 bits per heavy atom. The van der Waals surface area contributed by atoms with Gasteiger partial charge in [0.05, 0.1) is 11.3 Å². The highest BCUT2D eigenvalue weighted by Crippen LogP contribution is 2.23. The Morgan fingerprint density at radius 1 is 1.32 bits per heavy atom. The number of carbonyl (C=O) groups is 1. The lowest BCUT2D eigenvalue weighted by atomic mass is 10.0. The molecule has 0 bridgehead atoms. The van der Waals surface area contributed by atoms with E-state index in [1.807, 2.05) is 6.92 Å². The average molecular weight is 286 g/mol. The monoisotopic (exact) mass is 286 g/mol. The molecule has 0 fully saturated rings. The van der Waals surface area contributed by atoms with Crippen LogP contribution in [0, 0.1) is 13.8 Å². The van der Waals surface area contributed by atoms with E-state index in [-0.39, 0.29) is 11.3 Å². The van der Waals surface area contributed by atoms with Crippen LogP contribution in [-0.4, -0.2) is 26.0 Å². The first-order valence-corrected chi connectivity index (χ1v) is 7.37. The van der Waals surface area contributed by atoms with Gasteiger partial charge in [-0.1, -0.05) is 13.0 Å². The summed E-state index contributed by atoms with van der Waals surface area (Å²) in [6, 6.07) is 3.16. The van der Waals surface area contributed by atoms with Crippen LogP contribution >= 0.6 is 0 Å². The van der Waals surface area contributed by atoms with E-state index in [9.17, 15) is 13.2 Å². The van der Waals surface area contributed by atoms with Crippen LogP contribution in [0.4, 0.5) is 5.69 Å². The largest absolute Gasteiger partial charge is 0.478 e. The first-order valence-electron chi connectivity index (χ1n) is 5.88. The van der Waals surface area contributed by atoms with Gasteiger partial charge in [-0.3, -0.25) is 4.72 Å². The van der Waals surface area contributed by atoms with Crippen molar-refractivity contribution in [1.29, 1.82) is 0 Å². The number of aromatic carboxylic acids is 1. The average Bonchev–Trinajstić information content (AvgIpc) is 2.29. The van der Waals surface area contributed by atoms with Gasteiger partial charge in [0.15, 0.2) is 0 Å². The van der Waals surface area contributed by atoms with E-state index in [0.717, 1.165) is 5.56 Å². The van der Waals surface area contributed by atoms with Crippen LogP contribution in [0.2, 0.25) is 0 Å². The maximum Gasteiger partial charge on any atom is 0.337 e. The Bertz CT molecular complexity index is 582. The molecular formula is C12H18N2O4S. The van der Waals surface area contributed by atoms with E-state index in [4.69, 9.17) is 5.11 Å². The van der Waals surface area contributed by atoms with Crippen LogP contribution in [0.25, 0.3) is 0 Å². The zero-order valence-electron chi connectivity index (χ0n) is 11.1. The van der Waals surface area contributed by atoms with Crippen LogP contribution in [0.3, 0.4) is 0 Å². The molecule has 0 aromatic heterocycles. The Hall–Kier alpha value is -1.60. The molecular weight excluding hydrogens is 268 g/mol. The first kappa shape index (κ1) is 15.5. The molecule has 0 amide bonds. The minimum absolute atomic E-state index is 0.0561. The molecule has 0 saturated heterocycles. The zero-order valence-corrected chi connectivity index (χ0v) is 12.0. The fraction of sp³-hybridized carbons (Fsp3) is 0.417. The molecule has 0 aliphatic carbocycles.